The molecule has 3 nitrogen and oxygen atoms in total. The normalized spacial score (nSPS) is 14.2. The Hall–Kier alpha value is -1.52. The number of nitrogen functional groups attached to an aromatic ring is 1. The third-order valence-corrected chi connectivity index (χ3v) is 4.63. The third-order valence-electron chi connectivity index (χ3n) is 3.46. The summed E-state index contributed by atoms with van der Waals surface area (Å²) in [6.45, 7) is 0.890. The first-order valence-electron chi connectivity index (χ1n) is 6.58. The fourth-order valence-electron chi connectivity index (χ4n) is 2.27. The standard InChI is InChI=1S/C15H16ClN3S/c16-13-8-10(15(17)18)3-6-14(13)19(11-4-5-11)9-12-2-1-7-20-12/h1-3,6-8,11H,4-5,9H2,(H3,17,18). The molecule has 1 saturated carbocycles. The van der Waals surface area contributed by atoms with Crippen LogP contribution in [0.25, 0.3) is 0 Å². The molecule has 0 bridgehead atoms. The Kier molecular flexibility index (Phi) is 3.68. The van der Waals surface area contributed by atoms with Gasteiger partial charge in [0.2, 0.25) is 0 Å². The highest BCUT2D eigenvalue weighted by atomic mass is 35.5. The average molecular weight is 306 g/mol. The van der Waals surface area contributed by atoms with Gasteiger partial charge in [-0.15, -0.1) is 11.3 Å². The minimum Gasteiger partial charge on any atom is -0.384 e. The largest absolute Gasteiger partial charge is 0.384 e. The van der Waals surface area contributed by atoms with Gasteiger partial charge in [-0.1, -0.05) is 17.7 Å². The molecule has 0 spiro atoms. The molecule has 3 N–H and O–H groups in total. The number of hydrogen-bond donors (Lipinski definition) is 2. The molecule has 0 atom stereocenters. The van der Waals surface area contributed by atoms with Crippen LogP contribution in [-0.2, 0) is 6.54 Å². The predicted octanol–water partition coefficient (Wildman–Crippen LogP) is 3.85. The highest BCUT2D eigenvalue weighted by Crippen LogP contribution is 2.37. The zero-order chi connectivity index (χ0) is 14.1. The monoisotopic (exact) mass is 305 g/mol. The van der Waals surface area contributed by atoms with Crippen molar-refractivity contribution in [3.8, 4) is 0 Å². The number of benzene rings is 1. The highest BCUT2D eigenvalue weighted by Gasteiger charge is 2.30. The lowest BCUT2D eigenvalue weighted by Crippen LogP contribution is -2.25. The Morgan fingerprint density at radius 3 is 2.75 bits per heavy atom. The van der Waals surface area contributed by atoms with Crippen LogP contribution in [0, 0.1) is 5.41 Å². The highest BCUT2D eigenvalue weighted by molar-refractivity contribution is 7.09. The second-order valence-corrected chi connectivity index (χ2v) is 6.46. The summed E-state index contributed by atoms with van der Waals surface area (Å²) >= 11 is 8.16. The Morgan fingerprint density at radius 1 is 1.40 bits per heavy atom. The van der Waals surface area contributed by atoms with Gasteiger partial charge >= 0.3 is 0 Å². The number of nitrogens with one attached hydrogen (secondary N) is 1. The maximum absolute atomic E-state index is 7.47. The molecule has 0 unspecified atom stereocenters. The van der Waals surface area contributed by atoms with Gasteiger partial charge in [-0.05, 0) is 42.5 Å². The van der Waals surface area contributed by atoms with E-state index >= 15 is 0 Å². The van der Waals surface area contributed by atoms with Gasteiger partial charge in [0.05, 0.1) is 17.3 Å². The number of nitrogens with zero attached hydrogens (tertiary/aromatic N) is 1. The summed E-state index contributed by atoms with van der Waals surface area (Å²) in [5.74, 6) is 0.0506. The summed E-state index contributed by atoms with van der Waals surface area (Å²) < 4.78 is 0. The number of nitrogens with two attached hydrogens (primary N) is 1. The molecule has 1 aromatic carbocycles. The summed E-state index contributed by atoms with van der Waals surface area (Å²) in [4.78, 5) is 3.70. The summed E-state index contributed by atoms with van der Waals surface area (Å²) in [6, 6.07) is 10.4. The van der Waals surface area contributed by atoms with E-state index in [-0.39, 0.29) is 5.84 Å². The summed E-state index contributed by atoms with van der Waals surface area (Å²) in [5, 5.41) is 10.2. The average Bonchev–Trinajstić information content (AvgIpc) is 3.14. The van der Waals surface area contributed by atoms with Crippen LogP contribution in [0.4, 0.5) is 5.69 Å². The first-order chi connectivity index (χ1) is 9.65. The lowest BCUT2D eigenvalue weighted by molar-refractivity contribution is 0.803. The van der Waals surface area contributed by atoms with Crippen LogP contribution < -0.4 is 10.6 Å². The lowest BCUT2D eigenvalue weighted by Gasteiger charge is -2.25. The van der Waals surface area contributed by atoms with Crippen LogP contribution in [0.2, 0.25) is 5.02 Å². The van der Waals surface area contributed by atoms with Gasteiger partial charge in [0.15, 0.2) is 0 Å². The van der Waals surface area contributed by atoms with Crippen molar-refractivity contribution in [2.45, 2.75) is 25.4 Å². The number of thiophene rings is 1. The fourth-order valence-corrected chi connectivity index (χ4v) is 3.27. The van der Waals surface area contributed by atoms with Gasteiger partial charge in [-0.3, -0.25) is 5.41 Å². The molecule has 0 amide bonds. The van der Waals surface area contributed by atoms with Gasteiger partial charge in [-0.25, -0.2) is 0 Å². The van der Waals surface area contributed by atoms with Crippen molar-refractivity contribution in [1.29, 1.82) is 5.41 Å². The van der Waals surface area contributed by atoms with E-state index in [2.05, 4.69) is 22.4 Å². The topological polar surface area (TPSA) is 53.1 Å². The third kappa shape index (κ3) is 2.81. The van der Waals surface area contributed by atoms with Crippen LogP contribution in [0.5, 0.6) is 0 Å². The van der Waals surface area contributed by atoms with E-state index in [9.17, 15) is 0 Å². The Labute approximate surface area is 127 Å². The minimum absolute atomic E-state index is 0.0506. The van der Waals surface area contributed by atoms with Crippen LogP contribution in [-0.4, -0.2) is 11.9 Å². The van der Waals surface area contributed by atoms with Crippen molar-refractivity contribution >= 4 is 34.5 Å². The number of rotatable bonds is 5. The second kappa shape index (κ2) is 5.46. The molecule has 2 aromatic rings. The summed E-state index contributed by atoms with van der Waals surface area (Å²) in [6.07, 6.45) is 2.44. The van der Waals surface area contributed by atoms with E-state index in [4.69, 9.17) is 22.7 Å². The molecule has 5 heteroatoms. The second-order valence-electron chi connectivity index (χ2n) is 5.02. The van der Waals surface area contributed by atoms with Gasteiger partial charge in [-0.2, -0.15) is 0 Å². The van der Waals surface area contributed by atoms with E-state index in [0.717, 1.165) is 12.2 Å². The molecule has 3 rings (SSSR count). The van der Waals surface area contributed by atoms with Crippen LogP contribution >= 0.6 is 22.9 Å². The Bertz CT molecular complexity index is 620. The van der Waals surface area contributed by atoms with Crippen molar-refractivity contribution in [3.63, 3.8) is 0 Å². The predicted molar refractivity (Wildman–Crippen MR) is 86.0 cm³/mol. The smallest absolute Gasteiger partial charge is 0.122 e. The van der Waals surface area contributed by atoms with Crippen LogP contribution in [0.1, 0.15) is 23.3 Å². The quantitative estimate of drug-likeness (QED) is 0.651. The number of halogens is 1. The molecular formula is C15H16ClN3S. The molecule has 104 valence electrons. The SMILES string of the molecule is N=C(N)c1ccc(N(Cc2cccs2)C2CC2)c(Cl)c1. The first-order valence-corrected chi connectivity index (χ1v) is 7.84. The fraction of sp³-hybridized carbons (Fsp3) is 0.267. The summed E-state index contributed by atoms with van der Waals surface area (Å²) in [5.41, 5.74) is 7.21. The molecule has 1 aliphatic carbocycles. The molecule has 20 heavy (non-hydrogen) atoms. The number of anilines is 1. The molecule has 1 aromatic heterocycles. The van der Waals surface area contributed by atoms with E-state index in [1.807, 2.05) is 12.1 Å². The van der Waals surface area contributed by atoms with E-state index in [1.165, 1.54) is 17.7 Å². The van der Waals surface area contributed by atoms with Crippen molar-refractivity contribution < 1.29 is 0 Å². The molecule has 0 radical (unpaired) electrons. The van der Waals surface area contributed by atoms with Gasteiger partial charge in [0.25, 0.3) is 0 Å². The van der Waals surface area contributed by atoms with E-state index in [1.54, 1.807) is 17.4 Å². The molecule has 1 aliphatic rings. The Morgan fingerprint density at radius 2 is 2.20 bits per heavy atom. The zero-order valence-corrected chi connectivity index (χ0v) is 12.5. The first kappa shape index (κ1) is 13.5. The van der Waals surface area contributed by atoms with Crippen LogP contribution in [0.3, 0.4) is 0 Å². The van der Waals surface area contributed by atoms with Gasteiger partial charge in [0, 0.05) is 16.5 Å². The van der Waals surface area contributed by atoms with E-state index < -0.39 is 0 Å². The molecule has 1 heterocycles. The molecule has 1 fully saturated rings. The lowest BCUT2D eigenvalue weighted by atomic mass is 10.1. The van der Waals surface area contributed by atoms with Crippen LogP contribution in [0.15, 0.2) is 35.7 Å². The molecule has 0 aliphatic heterocycles. The number of amidine groups is 1. The maximum atomic E-state index is 7.47. The number of hydrogen-bond acceptors (Lipinski definition) is 3. The molecular weight excluding hydrogens is 290 g/mol. The van der Waals surface area contributed by atoms with Gasteiger partial charge < -0.3 is 10.6 Å². The molecule has 0 saturated heterocycles. The van der Waals surface area contributed by atoms with Crippen molar-refractivity contribution in [2.24, 2.45) is 5.73 Å². The zero-order valence-electron chi connectivity index (χ0n) is 11.0. The van der Waals surface area contributed by atoms with Crippen molar-refractivity contribution in [2.75, 3.05) is 4.90 Å². The Balaban J connectivity index is 1.89. The van der Waals surface area contributed by atoms with E-state index in [0.29, 0.717) is 16.6 Å². The summed E-state index contributed by atoms with van der Waals surface area (Å²) in [7, 11) is 0. The van der Waals surface area contributed by atoms with Crippen molar-refractivity contribution in [3.05, 3.63) is 51.2 Å². The maximum Gasteiger partial charge on any atom is 0.122 e. The van der Waals surface area contributed by atoms with Crippen molar-refractivity contribution in [1.82, 2.24) is 0 Å². The van der Waals surface area contributed by atoms with Gasteiger partial charge in [0.1, 0.15) is 5.84 Å². The minimum atomic E-state index is 0.0506.